The number of H-pyrrole nitrogens is 1. The Hall–Kier alpha value is -3.36. The minimum Gasteiger partial charge on any atom is -0.332 e. The molecule has 1 aromatic carbocycles. The molecule has 3 heterocycles. The highest BCUT2D eigenvalue weighted by Gasteiger charge is 2.15. The number of nitrogen functional groups attached to an aromatic ring is 1. The molecule has 0 amide bonds. The Morgan fingerprint density at radius 2 is 1.90 bits per heavy atom. The number of benzene rings is 1. The second kappa shape index (κ2) is 3.82. The summed E-state index contributed by atoms with van der Waals surface area (Å²) in [5, 5.41) is 6.79. The maximum Gasteiger partial charge on any atom is 0.362 e. The van der Waals surface area contributed by atoms with Crippen molar-refractivity contribution < 1.29 is 0 Å². The molecule has 9 nitrogen and oxygen atoms in total. The third-order valence-corrected chi connectivity index (χ3v) is 3.23. The molecule has 0 aliphatic heterocycles. The zero-order valence-electron chi connectivity index (χ0n) is 10.6. The van der Waals surface area contributed by atoms with Gasteiger partial charge >= 0.3 is 5.69 Å². The van der Waals surface area contributed by atoms with Gasteiger partial charge in [-0.25, -0.2) is 14.6 Å². The van der Waals surface area contributed by atoms with Crippen LogP contribution < -0.4 is 17.1 Å². The van der Waals surface area contributed by atoms with Gasteiger partial charge in [0.05, 0.1) is 11.9 Å². The van der Waals surface area contributed by atoms with Crippen LogP contribution in [0.4, 0.5) is 0 Å². The monoisotopic (exact) mass is 283 g/mol. The molecule has 21 heavy (non-hydrogen) atoms. The molecule has 0 atom stereocenters. The van der Waals surface area contributed by atoms with Crippen LogP contribution in [-0.2, 0) is 0 Å². The van der Waals surface area contributed by atoms with Crippen molar-refractivity contribution in [1.82, 2.24) is 29.1 Å². The fourth-order valence-corrected chi connectivity index (χ4v) is 2.22. The van der Waals surface area contributed by atoms with E-state index in [-0.39, 0.29) is 5.78 Å². The minimum absolute atomic E-state index is 0.0233. The van der Waals surface area contributed by atoms with Gasteiger partial charge in [-0.05, 0) is 12.1 Å². The van der Waals surface area contributed by atoms with Crippen LogP contribution in [0.1, 0.15) is 0 Å². The highest BCUT2D eigenvalue weighted by Crippen LogP contribution is 2.13. The van der Waals surface area contributed by atoms with Gasteiger partial charge in [0.1, 0.15) is 5.39 Å². The Kier molecular flexibility index (Phi) is 2.09. The number of hydrogen-bond donors (Lipinski definition) is 2. The first-order valence-corrected chi connectivity index (χ1v) is 6.09. The summed E-state index contributed by atoms with van der Waals surface area (Å²) in [6.45, 7) is 0. The molecule has 0 radical (unpaired) electrons. The highest BCUT2D eigenvalue weighted by atomic mass is 16.2. The molecule has 3 N–H and O–H groups in total. The standard InChI is InChI=1S/C12H9N7O2/c13-17-11-15-9-8(10(20)19(11)16-12(17)21)6-14-18(9)7-4-2-1-3-5-7/h1-6H,13H2,(H,16,21). The predicted molar refractivity (Wildman–Crippen MR) is 74.9 cm³/mol. The van der Waals surface area contributed by atoms with Crippen molar-refractivity contribution in [2.24, 2.45) is 0 Å². The van der Waals surface area contributed by atoms with E-state index < -0.39 is 11.2 Å². The van der Waals surface area contributed by atoms with E-state index in [2.05, 4.69) is 15.2 Å². The van der Waals surface area contributed by atoms with E-state index in [0.29, 0.717) is 11.0 Å². The molecule has 0 aliphatic carbocycles. The molecule has 0 aliphatic rings. The lowest BCUT2D eigenvalue weighted by atomic mass is 10.3. The van der Waals surface area contributed by atoms with Gasteiger partial charge < -0.3 is 5.84 Å². The van der Waals surface area contributed by atoms with Crippen molar-refractivity contribution in [2.45, 2.75) is 0 Å². The maximum atomic E-state index is 12.3. The van der Waals surface area contributed by atoms with Crippen LogP contribution >= 0.6 is 0 Å². The summed E-state index contributed by atoms with van der Waals surface area (Å²) in [5.74, 6) is 5.60. The van der Waals surface area contributed by atoms with Crippen LogP contribution in [-0.4, -0.2) is 29.1 Å². The number of aromatic nitrogens is 6. The van der Waals surface area contributed by atoms with Gasteiger partial charge in [0.25, 0.3) is 11.3 Å². The van der Waals surface area contributed by atoms with Crippen LogP contribution in [0.5, 0.6) is 0 Å². The number of fused-ring (bicyclic) bond motifs is 2. The molecule has 4 rings (SSSR count). The quantitative estimate of drug-likeness (QED) is 0.445. The van der Waals surface area contributed by atoms with Gasteiger partial charge in [-0.2, -0.15) is 19.3 Å². The van der Waals surface area contributed by atoms with Crippen molar-refractivity contribution in [1.29, 1.82) is 0 Å². The molecule has 3 aromatic heterocycles. The Bertz CT molecular complexity index is 1080. The molecule has 0 unspecified atom stereocenters. The number of nitrogens with one attached hydrogen (secondary N) is 1. The van der Waals surface area contributed by atoms with Gasteiger partial charge in [-0.15, -0.1) is 0 Å². The molecular formula is C12H9N7O2. The summed E-state index contributed by atoms with van der Waals surface area (Å²) in [6.07, 6.45) is 1.41. The van der Waals surface area contributed by atoms with Gasteiger partial charge in [-0.3, -0.25) is 4.79 Å². The first-order valence-electron chi connectivity index (χ1n) is 6.09. The highest BCUT2D eigenvalue weighted by molar-refractivity contribution is 5.76. The van der Waals surface area contributed by atoms with E-state index in [1.54, 1.807) is 0 Å². The van der Waals surface area contributed by atoms with Crippen LogP contribution in [0.3, 0.4) is 0 Å². The summed E-state index contributed by atoms with van der Waals surface area (Å²) >= 11 is 0. The van der Waals surface area contributed by atoms with E-state index in [1.807, 2.05) is 30.3 Å². The number of hydrogen-bond acceptors (Lipinski definition) is 5. The van der Waals surface area contributed by atoms with Crippen molar-refractivity contribution in [3.8, 4) is 5.69 Å². The SMILES string of the molecule is Nn1c(=O)[nH]n2c(=O)c3cnn(-c4ccccc4)c3nc12. The van der Waals surface area contributed by atoms with Crippen molar-refractivity contribution in [2.75, 3.05) is 5.84 Å². The molecule has 104 valence electrons. The zero-order valence-corrected chi connectivity index (χ0v) is 10.6. The fourth-order valence-electron chi connectivity index (χ4n) is 2.22. The molecule has 4 aromatic rings. The first-order chi connectivity index (χ1) is 10.2. The van der Waals surface area contributed by atoms with Crippen molar-refractivity contribution >= 4 is 16.8 Å². The van der Waals surface area contributed by atoms with E-state index in [9.17, 15) is 9.59 Å². The molecule has 0 saturated heterocycles. The van der Waals surface area contributed by atoms with Crippen LogP contribution in [0.2, 0.25) is 0 Å². The molecular weight excluding hydrogens is 274 g/mol. The summed E-state index contributed by atoms with van der Waals surface area (Å²) in [5.41, 5.74) is 0.0413. The molecule has 0 bridgehead atoms. The second-order valence-corrected chi connectivity index (χ2v) is 4.47. The van der Waals surface area contributed by atoms with Crippen LogP contribution in [0.25, 0.3) is 22.5 Å². The lowest BCUT2D eigenvalue weighted by Crippen LogP contribution is -2.24. The number of nitrogens with two attached hydrogens (primary N) is 1. The lowest BCUT2D eigenvalue weighted by Gasteiger charge is -2.02. The second-order valence-electron chi connectivity index (χ2n) is 4.47. The zero-order chi connectivity index (χ0) is 14.6. The van der Waals surface area contributed by atoms with Crippen LogP contribution in [0, 0.1) is 0 Å². The Balaban J connectivity index is 2.18. The van der Waals surface area contributed by atoms with Crippen LogP contribution in [0.15, 0.2) is 46.1 Å². The number of nitrogens with zero attached hydrogens (tertiary/aromatic N) is 5. The summed E-state index contributed by atoms with van der Waals surface area (Å²) in [6, 6.07) is 9.25. The van der Waals surface area contributed by atoms with Crippen molar-refractivity contribution in [3.05, 3.63) is 57.4 Å². The number of rotatable bonds is 1. The van der Waals surface area contributed by atoms with E-state index in [0.717, 1.165) is 14.9 Å². The molecule has 9 heteroatoms. The van der Waals surface area contributed by atoms with Gasteiger partial charge in [-0.1, -0.05) is 18.2 Å². The average molecular weight is 283 g/mol. The summed E-state index contributed by atoms with van der Waals surface area (Å²) in [4.78, 5) is 28.1. The van der Waals surface area contributed by atoms with Gasteiger partial charge in [0.15, 0.2) is 5.65 Å². The number of aromatic amines is 1. The largest absolute Gasteiger partial charge is 0.362 e. The Morgan fingerprint density at radius 1 is 1.14 bits per heavy atom. The van der Waals surface area contributed by atoms with E-state index in [1.165, 1.54) is 10.9 Å². The van der Waals surface area contributed by atoms with E-state index >= 15 is 0 Å². The molecule has 0 spiro atoms. The molecule has 0 saturated carbocycles. The predicted octanol–water partition coefficient (Wildman–Crippen LogP) is -0.763. The maximum absolute atomic E-state index is 12.3. The third kappa shape index (κ3) is 1.45. The fraction of sp³-hybridized carbons (Fsp3) is 0. The van der Waals surface area contributed by atoms with Gasteiger partial charge in [0.2, 0.25) is 0 Å². The number of para-hydroxylation sites is 1. The first kappa shape index (κ1) is 11.5. The molecule has 0 fully saturated rings. The summed E-state index contributed by atoms with van der Waals surface area (Å²) < 4.78 is 3.30. The Labute approximate surface area is 115 Å². The van der Waals surface area contributed by atoms with E-state index in [4.69, 9.17) is 5.84 Å². The smallest absolute Gasteiger partial charge is 0.332 e. The third-order valence-electron chi connectivity index (χ3n) is 3.23. The minimum atomic E-state index is -0.619. The normalized spacial score (nSPS) is 11.4. The topological polar surface area (TPSA) is 116 Å². The average Bonchev–Trinajstić information content (AvgIpc) is 3.05. The Morgan fingerprint density at radius 3 is 2.67 bits per heavy atom. The van der Waals surface area contributed by atoms with Gasteiger partial charge in [0, 0.05) is 0 Å². The lowest BCUT2D eigenvalue weighted by molar-refractivity contribution is 0.879. The van der Waals surface area contributed by atoms with Crippen molar-refractivity contribution in [3.63, 3.8) is 0 Å². The summed E-state index contributed by atoms with van der Waals surface area (Å²) in [7, 11) is 0.